The molecule has 1 fully saturated rings. The molecule has 1 aliphatic rings. The molecule has 0 aromatic carbocycles. The second-order valence-electron chi connectivity index (χ2n) is 4.20. The van der Waals surface area contributed by atoms with E-state index in [0.29, 0.717) is 19.4 Å². The molecule has 1 rings (SSSR count). The number of hydrogen-bond donors (Lipinski definition) is 2. The van der Waals surface area contributed by atoms with Gasteiger partial charge in [0.2, 0.25) is 10.0 Å². The highest BCUT2D eigenvalue weighted by molar-refractivity contribution is 7.90. The zero-order valence-corrected chi connectivity index (χ0v) is 10.1. The fraction of sp³-hybridized carbons (Fsp3) is 0.900. The van der Waals surface area contributed by atoms with Crippen molar-refractivity contribution < 1.29 is 18.3 Å². The summed E-state index contributed by atoms with van der Waals surface area (Å²) >= 11 is 0. The van der Waals surface area contributed by atoms with Gasteiger partial charge in [0.1, 0.15) is 0 Å². The average molecular weight is 249 g/mol. The highest BCUT2D eigenvalue weighted by Gasteiger charge is 2.27. The van der Waals surface area contributed by atoms with Crippen LogP contribution < -0.4 is 4.72 Å². The predicted molar refractivity (Wildman–Crippen MR) is 60.7 cm³/mol. The summed E-state index contributed by atoms with van der Waals surface area (Å²) in [6, 6.07) is 0. The lowest BCUT2D eigenvalue weighted by Gasteiger charge is -2.11. The summed E-state index contributed by atoms with van der Waals surface area (Å²) in [7, 11) is -3.16. The molecule has 0 unspecified atom stereocenters. The van der Waals surface area contributed by atoms with E-state index >= 15 is 0 Å². The van der Waals surface area contributed by atoms with E-state index in [1.54, 1.807) is 0 Å². The van der Waals surface area contributed by atoms with Crippen LogP contribution in [-0.4, -0.2) is 31.3 Å². The second kappa shape index (κ2) is 6.20. The molecule has 2 N–H and O–H groups in total. The molecule has 0 bridgehead atoms. The second-order valence-corrected chi connectivity index (χ2v) is 6.24. The molecule has 0 aliphatic heterocycles. The van der Waals surface area contributed by atoms with Crippen molar-refractivity contribution in [2.24, 2.45) is 0 Å². The van der Waals surface area contributed by atoms with Gasteiger partial charge in [-0.2, -0.15) is 0 Å². The lowest BCUT2D eigenvalue weighted by Crippen LogP contribution is -2.33. The number of carboxylic acids is 1. The molecular weight excluding hydrogens is 230 g/mol. The monoisotopic (exact) mass is 249 g/mol. The topological polar surface area (TPSA) is 83.5 Å². The maximum atomic E-state index is 11.7. The van der Waals surface area contributed by atoms with Crippen molar-refractivity contribution >= 4 is 16.0 Å². The van der Waals surface area contributed by atoms with E-state index in [4.69, 9.17) is 5.11 Å². The molecule has 0 radical (unpaired) electrons. The summed E-state index contributed by atoms with van der Waals surface area (Å²) in [5.41, 5.74) is 0. The zero-order valence-electron chi connectivity index (χ0n) is 9.31. The van der Waals surface area contributed by atoms with Crippen molar-refractivity contribution in [2.45, 2.75) is 50.2 Å². The molecule has 94 valence electrons. The molecule has 5 nitrogen and oxygen atoms in total. The van der Waals surface area contributed by atoms with Gasteiger partial charge in [0.05, 0.1) is 5.25 Å². The molecule has 0 aromatic heterocycles. The van der Waals surface area contributed by atoms with Crippen LogP contribution in [-0.2, 0) is 14.8 Å². The normalized spacial score (nSPS) is 17.8. The number of sulfonamides is 1. The molecule has 0 heterocycles. The minimum absolute atomic E-state index is 0.102. The van der Waals surface area contributed by atoms with E-state index in [1.807, 2.05) is 0 Å². The number of rotatable bonds is 7. The van der Waals surface area contributed by atoms with Crippen LogP contribution in [0.15, 0.2) is 0 Å². The lowest BCUT2D eigenvalue weighted by atomic mass is 10.2. The number of aliphatic carboxylic acids is 1. The highest BCUT2D eigenvalue weighted by Crippen LogP contribution is 2.23. The third kappa shape index (κ3) is 4.49. The van der Waals surface area contributed by atoms with Crippen molar-refractivity contribution in [3.05, 3.63) is 0 Å². The largest absolute Gasteiger partial charge is 0.481 e. The number of unbranched alkanes of at least 4 members (excludes halogenated alkanes) is 1. The Morgan fingerprint density at radius 2 is 1.88 bits per heavy atom. The third-order valence-corrected chi connectivity index (χ3v) is 4.82. The highest BCUT2D eigenvalue weighted by atomic mass is 32.2. The van der Waals surface area contributed by atoms with Gasteiger partial charge in [-0.15, -0.1) is 0 Å². The standard InChI is InChI=1S/C10H19NO4S/c12-10(13)7-3-4-8-11-16(14,15)9-5-1-2-6-9/h9,11H,1-8H2,(H,12,13). The van der Waals surface area contributed by atoms with E-state index in [-0.39, 0.29) is 11.7 Å². The van der Waals surface area contributed by atoms with Crippen LogP contribution in [0.4, 0.5) is 0 Å². The van der Waals surface area contributed by atoms with Crippen LogP contribution in [0.5, 0.6) is 0 Å². The van der Waals surface area contributed by atoms with Crippen molar-refractivity contribution in [1.29, 1.82) is 0 Å². The third-order valence-electron chi connectivity index (χ3n) is 2.86. The molecule has 1 aliphatic carbocycles. The van der Waals surface area contributed by atoms with E-state index < -0.39 is 16.0 Å². The Hall–Kier alpha value is -0.620. The SMILES string of the molecule is O=C(O)CCCCNS(=O)(=O)C1CCCC1. The summed E-state index contributed by atoms with van der Waals surface area (Å²) in [4.78, 5) is 10.2. The smallest absolute Gasteiger partial charge is 0.303 e. The van der Waals surface area contributed by atoms with Crippen molar-refractivity contribution in [2.75, 3.05) is 6.54 Å². The van der Waals surface area contributed by atoms with Gasteiger partial charge in [0.15, 0.2) is 0 Å². The van der Waals surface area contributed by atoms with Gasteiger partial charge in [-0.25, -0.2) is 13.1 Å². The predicted octanol–water partition coefficient (Wildman–Crippen LogP) is 1.10. The molecule has 0 amide bonds. The average Bonchev–Trinajstić information content (AvgIpc) is 2.69. The van der Waals surface area contributed by atoms with E-state index in [1.165, 1.54) is 0 Å². The van der Waals surface area contributed by atoms with Gasteiger partial charge < -0.3 is 5.11 Å². The van der Waals surface area contributed by atoms with Crippen LogP contribution in [0.3, 0.4) is 0 Å². The molecule has 1 saturated carbocycles. The molecular formula is C10H19NO4S. The lowest BCUT2D eigenvalue weighted by molar-refractivity contribution is -0.137. The minimum Gasteiger partial charge on any atom is -0.481 e. The first kappa shape index (κ1) is 13.4. The molecule has 6 heteroatoms. The summed E-state index contributed by atoms with van der Waals surface area (Å²) in [6.45, 7) is 0.353. The van der Waals surface area contributed by atoms with Crippen LogP contribution in [0, 0.1) is 0 Å². The van der Waals surface area contributed by atoms with Gasteiger partial charge >= 0.3 is 5.97 Å². The Morgan fingerprint density at radius 1 is 1.25 bits per heavy atom. The fourth-order valence-corrected chi connectivity index (χ4v) is 3.55. The fourth-order valence-electron chi connectivity index (χ4n) is 1.93. The van der Waals surface area contributed by atoms with E-state index in [2.05, 4.69) is 4.72 Å². The van der Waals surface area contributed by atoms with Crippen LogP contribution in [0.1, 0.15) is 44.9 Å². The minimum atomic E-state index is -3.16. The number of carboxylic acid groups (broad SMARTS) is 1. The van der Waals surface area contributed by atoms with Crippen molar-refractivity contribution in [3.63, 3.8) is 0 Å². The number of carbonyl (C=O) groups is 1. The van der Waals surface area contributed by atoms with Crippen LogP contribution in [0.2, 0.25) is 0 Å². The summed E-state index contributed by atoms with van der Waals surface area (Å²) < 4.78 is 26.0. The Kier molecular flexibility index (Phi) is 5.21. The van der Waals surface area contributed by atoms with E-state index in [9.17, 15) is 13.2 Å². The van der Waals surface area contributed by atoms with Gasteiger partial charge in [0, 0.05) is 13.0 Å². The summed E-state index contributed by atoms with van der Waals surface area (Å²) in [5, 5.41) is 8.18. The van der Waals surface area contributed by atoms with Gasteiger partial charge in [-0.1, -0.05) is 12.8 Å². The van der Waals surface area contributed by atoms with Crippen molar-refractivity contribution in [3.8, 4) is 0 Å². The summed E-state index contributed by atoms with van der Waals surface area (Å²) in [5.74, 6) is -0.835. The van der Waals surface area contributed by atoms with Gasteiger partial charge in [-0.3, -0.25) is 4.79 Å². The van der Waals surface area contributed by atoms with E-state index in [0.717, 1.165) is 25.7 Å². The molecule has 16 heavy (non-hydrogen) atoms. The van der Waals surface area contributed by atoms with Crippen LogP contribution in [0.25, 0.3) is 0 Å². The molecule has 0 aromatic rings. The maximum Gasteiger partial charge on any atom is 0.303 e. The van der Waals surface area contributed by atoms with Crippen LogP contribution >= 0.6 is 0 Å². The number of nitrogens with one attached hydrogen (secondary N) is 1. The van der Waals surface area contributed by atoms with Crippen molar-refractivity contribution in [1.82, 2.24) is 4.72 Å². The molecule has 0 saturated heterocycles. The van der Waals surface area contributed by atoms with Gasteiger partial charge in [0.25, 0.3) is 0 Å². The quantitative estimate of drug-likeness (QED) is 0.662. The molecule has 0 spiro atoms. The first-order valence-electron chi connectivity index (χ1n) is 5.72. The maximum absolute atomic E-state index is 11.7. The Labute approximate surface area is 96.3 Å². The Balaban J connectivity index is 2.18. The summed E-state index contributed by atoms with van der Waals surface area (Å²) in [6.07, 6.45) is 4.69. The first-order valence-corrected chi connectivity index (χ1v) is 7.27. The number of hydrogen-bond acceptors (Lipinski definition) is 3. The van der Waals surface area contributed by atoms with Gasteiger partial charge in [-0.05, 0) is 25.7 Å². The Morgan fingerprint density at radius 3 is 2.44 bits per heavy atom. The Bertz CT molecular complexity index is 320. The molecule has 0 atom stereocenters. The zero-order chi connectivity index (χ0) is 12.0. The first-order chi connectivity index (χ1) is 7.52.